The Morgan fingerprint density at radius 3 is 2.27 bits per heavy atom. The van der Waals surface area contributed by atoms with Crippen LogP contribution in [0.5, 0.6) is 5.75 Å². The molecule has 9 heteroatoms. The summed E-state index contributed by atoms with van der Waals surface area (Å²) < 4.78 is 12.0. The third-order valence-corrected chi connectivity index (χ3v) is 6.40. The molecule has 40 heavy (non-hydrogen) atoms. The Balaban J connectivity index is 1.81. The zero-order valence-electron chi connectivity index (χ0n) is 23.8. The molecule has 0 saturated carbocycles. The van der Waals surface area contributed by atoms with Gasteiger partial charge >= 0.3 is 5.97 Å². The van der Waals surface area contributed by atoms with Crippen LogP contribution in [0.2, 0.25) is 0 Å². The third kappa shape index (κ3) is 6.85. The van der Waals surface area contributed by atoms with E-state index in [0.29, 0.717) is 17.7 Å². The van der Waals surface area contributed by atoms with Crippen molar-refractivity contribution in [2.75, 3.05) is 19.5 Å². The Labute approximate surface area is 234 Å². The van der Waals surface area contributed by atoms with Crippen LogP contribution in [0.25, 0.3) is 5.70 Å². The highest BCUT2D eigenvalue weighted by Gasteiger charge is 2.25. The van der Waals surface area contributed by atoms with E-state index in [2.05, 4.69) is 22.3 Å². The Bertz CT molecular complexity index is 1420. The number of amides is 2. The lowest BCUT2D eigenvalue weighted by atomic mass is 10.0. The molecule has 0 aliphatic rings. The molecule has 0 spiro atoms. The number of nitrogens with one attached hydrogen (secondary N) is 2. The number of allylic oxidation sites excluding steroid dienone is 2. The summed E-state index contributed by atoms with van der Waals surface area (Å²) in [6.45, 7) is 11.4. The Morgan fingerprint density at radius 1 is 1.02 bits per heavy atom. The minimum Gasteiger partial charge on any atom is -0.496 e. The molecule has 0 aliphatic heterocycles. The minimum absolute atomic E-state index is 0.141. The maximum atomic E-state index is 13.1. The van der Waals surface area contributed by atoms with E-state index < -0.39 is 23.8 Å². The number of anilines is 1. The SMILES string of the molecule is C=C/C=C(/c1ccc(C)c(OC)c1)n1nc(C(=O)Nc2ccc(C(=O)NC(C(=O)OC)C(C)C)cc2)cc1CC. The molecule has 3 rings (SSSR count). The lowest BCUT2D eigenvalue weighted by Gasteiger charge is -2.19. The van der Waals surface area contributed by atoms with Gasteiger partial charge in [-0.1, -0.05) is 45.6 Å². The van der Waals surface area contributed by atoms with Gasteiger partial charge in [0.05, 0.1) is 19.9 Å². The second-order valence-electron chi connectivity index (χ2n) is 9.51. The fourth-order valence-corrected chi connectivity index (χ4v) is 4.12. The molecule has 0 fully saturated rings. The number of hydrogen-bond donors (Lipinski definition) is 2. The number of esters is 1. The summed E-state index contributed by atoms with van der Waals surface area (Å²) in [5.41, 5.74) is 4.55. The second kappa shape index (κ2) is 13.4. The van der Waals surface area contributed by atoms with Crippen LogP contribution in [0.4, 0.5) is 5.69 Å². The van der Waals surface area contributed by atoms with Gasteiger partial charge in [0.15, 0.2) is 5.69 Å². The minimum atomic E-state index is -0.763. The average molecular weight is 545 g/mol. The second-order valence-corrected chi connectivity index (χ2v) is 9.51. The van der Waals surface area contributed by atoms with Crippen molar-refractivity contribution >= 4 is 29.2 Å². The number of benzene rings is 2. The van der Waals surface area contributed by atoms with E-state index in [4.69, 9.17) is 9.47 Å². The predicted molar refractivity (Wildman–Crippen MR) is 155 cm³/mol. The first-order chi connectivity index (χ1) is 19.1. The number of carbonyl (C=O) groups is 3. The monoisotopic (exact) mass is 544 g/mol. The van der Waals surface area contributed by atoms with E-state index in [9.17, 15) is 14.4 Å². The molecule has 2 aromatic carbocycles. The summed E-state index contributed by atoms with van der Waals surface area (Å²) in [6.07, 6.45) is 4.16. The lowest BCUT2D eigenvalue weighted by molar-refractivity contribution is -0.144. The van der Waals surface area contributed by atoms with Crippen LogP contribution in [-0.2, 0) is 16.0 Å². The van der Waals surface area contributed by atoms with Gasteiger partial charge in [-0.3, -0.25) is 9.59 Å². The number of hydrogen-bond acceptors (Lipinski definition) is 6. The zero-order valence-corrected chi connectivity index (χ0v) is 23.8. The van der Waals surface area contributed by atoms with Crippen LogP contribution in [-0.4, -0.2) is 47.8 Å². The first kappa shape index (κ1) is 29.9. The number of nitrogens with zero attached hydrogens (tertiary/aromatic N) is 2. The van der Waals surface area contributed by atoms with Gasteiger partial charge in [0.1, 0.15) is 11.8 Å². The quantitative estimate of drug-likeness (QED) is 0.259. The Morgan fingerprint density at radius 2 is 1.70 bits per heavy atom. The van der Waals surface area contributed by atoms with Gasteiger partial charge in [-0.15, -0.1) is 0 Å². The molecule has 9 nitrogen and oxygen atoms in total. The summed E-state index contributed by atoms with van der Waals surface area (Å²) in [6, 6.07) is 13.2. The molecule has 0 saturated heterocycles. The maximum Gasteiger partial charge on any atom is 0.328 e. The van der Waals surface area contributed by atoms with Crippen LogP contribution in [0.1, 0.15) is 58.4 Å². The van der Waals surface area contributed by atoms with Crippen molar-refractivity contribution in [3.05, 3.63) is 95.3 Å². The first-order valence-electron chi connectivity index (χ1n) is 13.0. The van der Waals surface area contributed by atoms with Gasteiger partial charge in [-0.25, -0.2) is 9.48 Å². The number of aromatic nitrogens is 2. The largest absolute Gasteiger partial charge is 0.496 e. The summed E-state index contributed by atoms with van der Waals surface area (Å²) in [5.74, 6) is -0.709. The van der Waals surface area contributed by atoms with Crippen LogP contribution in [0.3, 0.4) is 0 Å². The van der Waals surface area contributed by atoms with Crippen LogP contribution < -0.4 is 15.4 Å². The number of aryl methyl sites for hydroxylation is 2. The summed E-state index contributed by atoms with van der Waals surface area (Å²) in [5, 5.41) is 10.1. The Hall–Kier alpha value is -4.66. The van der Waals surface area contributed by atoms with E-state index in [-0.39, 0.29) is 11.6 Å². The predicted octanol–water partition coefficient (Wildman–Crippen LogP) is 5.02. The molecule has 0 radical (unpaired) electrons. The highest BCUT2D eigenvalue weighted by Crippen LogP contribution is 2.26. The summed E-state index contributed by atoms with van der Waals surface area (Å²) in [7, 11) is 2.91. The van der Waals surface area contributed by atoms with Crippen molar-refractivity contribution in [2.45, 2.75) is 40.2 Å². The molecular weight excluding hydrogens is 508 g/mol. The van der Waals surface area contributed by atoms with Crippen molar-refractivity contribution in [1.29, 1.82) is 0 Å². The van der Waals surface area contributed by atoms with Crippen LogP contribution >= 0.6 is 0 Å². The summed E-state index contributed by atoms with van der Waals surface area (Å²) in [4.78, 5) is 37.8. The van der Waals surface area contributed by atoms with Gasteiger partial charge in [0.25, 0.3) is 11.8 Å². The highest BCUT2D eigenvalue weighted by atomic mass is 16.5. The molecule has 3 aromatic rings. The summed E-state index contributed by atoms with van der Waals surface area (Å²) >= 11 is 0. The topological polar surface area (TPSA) is 112 Å². The van der Waals surface area contributed by atoms with Gasteiger partial charge in [0, 0.05) is 22.5 Å². The lowest BCUT2D eigenvalue weighted by Crippen LogP contribution is -2.45. The highest BCUT2D eigenvalue weighted by molar-refractivity contribution is 6.03. The van der Waals surface area contributed by atoms with Gasteiger partial charge < -0.3 is 20.1 Å². The molecule has 0 aliphatic carbocycles. The van der Waals surface area contributed by atoms with Crippen molar-refractivity contribution in [3.8, 4) is 5.75 Å². The zero-order chi connectivity index (χ0) is 29.4. The standard InChI is InChI=1S/C31H36N4O5/c1-8-10-26(22-12-11-20(5)27(17-22)39-6)35-24(9-2)18-25(34-35)30(37)32-23-15-13-21(14-16-23)29(36)33-28(19(3)4)31(38)40-7/h8,10-19,28H,1,9H2,2-7H3,(H,32,37)(H,33,36)/b26-10-. The number of methoxy groups -OCH3 is 2. The van der Waals surface area contributed by atoms with E-state index in [1.165, 1.54) is 7.11 Å². The smallest absolute Gasteiger partial charge is 0.328 e. The Kier molecular flexibility index (Phi) is 10.0. The van der Waals surface area contributed by atoms with E-state index in [1.54, 1.807) is 48.2 Å². The normalized spacial score (nSPS) is 12.0. The maximum absolute atomic E-state index is 13.1. The molecule has 1 heterocycles. The molecule has 210 valence electrons. The fraction of sp³-hybridized carbons (Fsp3) is 0.290. The van der Waals surface area contributed by atoms with E-state index >= 15 is 0 Å². The average Bonchev–Trinajstić information content (AvgIpc) is 3.39. The molecule has 1 aromatic heterocycles. The van der Waals surface area contributed by atoms with Crippen molar-refractivity contribution in [2.24, 2.45) is 5.92 Å². The molecule has 2 N–H and O–H groups in total. The molecule has 2 amide bonds. The number of carbonyl (C=O) groups excluding carboxylic acids is 3. The molecule has 1 atom stereocenters. The van der Waals surface area contributed by atoms with Gasteiger partial charge in [-0.05, 0) is 67.3 Å². The van der Waals surface area contributed by atoms with E-state index in [1.807, 2.05) is 52.0 Å². The fourth-order valence-electron chi connectivity index (χ4n) is 4.12. The molecule has 1 unspecified atom stereocenters. The van der Waals surface area contributed by atoms with Crippen molar-refractivity contribution in [3.63, 3.8) is 0 Å². The number of rotatable bonds is 11. The van der Waals surface area contributed by atoms with Crippen LogP contribution in [0.15, 0.2) is 67.3 Å². The third-order valence-electron chi connectivity index (χ3n) is 6.40. The van der Waals surface area contributed by atoms with Crippen molar-refractivity contribution in [1.82, 2.24) is 15.1 Å². The van der Waals surface area contributed by atoms with Crippen molar-refractivity contribution < 1.29 is 23.9 Å². The van der Waals surface area contributed by atoms with Gasteiger partial charge in [0.2, 0.25) is 0 Å². The number of ether oxygens (including phenoxy) is 2. The molecular formula is C31H36N4O5. The van der Waals surface area contributed by atoms with Gasteiger partial charge in [-0.2, -0.15) is 5.10 Å². The van der Waals surface area contributed by atoms with Crippen LogP contribution in [0, 0.1) is 12.8 Å². The van der Waals surface area contributed by atoms with E-state index in [0.717, 1.165) is 28.3 Å². The first-order valence-corrected chi connectivity index (χ1v) is 13.0. The molecule has 0 bridgehead atoms.